The Kier molecular flexibility index (Phi) is 11.6. The fourth-order valence-electron chi connectivity index (χ4n) is 10.3. The highest BCUT2D eigenvalue weighted by molar-refractivity contribution is 6.09. The van der Waals surface area contributed by atoms with Crippen LogP contribution in [0.3, 0.4) is 0 Å². The number of fused-ring (bicyclic) bond motifs is 4. The highest BCUT2D eigenvalue weighted by atomic mass is 16.5. The maximum absolute atomic E-state index is 6.93. The van der Waals surface area contributed by atoms with Crippen molar-refractivity contribution in [3.05, 3.63) is 215 Å². The fourth-order valence-corrected chi connectivity index (χ4v) is 10.3. The summed E-state index contributed by atoms with van der Waals surface area (Å²) < 4.78 is 9.26. The average molecular weight is 935 g/mol. The summed E-state index contributed by atoms with van der Waals surface area (Å²) >= 11 is 0. The molecule has 7 aromatic carbocycles. The lowest BCUT2D eigenvalue weighted by atomic mass is 9.78. The van der Waals surface area contributed by atoms with Gasteiger partial charge in [0.25, 0.3) is 0 Å². The molecular weight excluding hydrogens is 865 g/mol. The standard InChI is InChI=1S/C66H70N4O/c1-62(2,3)46-27-30-55-56-31-29-54(42-59(56)70(58(55)38-46)61-40-48(33-34-67-61)66(12,13)45-23-18-15-19-24-45)71-53-26-20-25-51(41-53)68-43-69(52-36-49(63(4,5)6)35-50(37-52)64(7,8)9)60-39-47(28-32-57(60)68)65(10,11)44-21-16-14-17-22-44/h14-42H,43H2,1-13H3. The van der Waals surface area contributed by atoms with Crippen LogP contribution in [0.5, 0.6) is 11.5 Å². The van der Waals surface area contributed by atoms with Crippen LogP contribution in [0, 0.1) is 0 Å². The van der Waals surface area contributed by atoms with E-state index in [1.807, 2.05) is 6.20 Å². The van der Waals surface area contributed by atoms with E-state index in [0.717, 1.165) is 39.4 Å². The summed E-state index contributed by atoms with van der Waals surface area (Å²) in [5, 5.41) is 2.34. The number of aromatic nitrogens is 2. The first-order chi connectivity index (χ1) is 33.6. The fraction of sp³-hybridized carbons (Fsp3) is 0.288. The van der Waals surface area contributed by atoms with E-state index in [2.05, 4.69) is 274 Å². The second-order valence-corrected chi connectivity index (χ2v) is 24.0. The Morgan fingerprint density at radius 3 is 1.52 bits per heavy atom. The van der Waals surface area contributed by atoms with Gasteiger partial charge >= 0.3 is 0 Å². The van der Waals surface area contributed by atoms with Crippen molar-refractivity contribution >= 4 is 44.6 Å². The molecule has 0 radical (unpaired) electrons. The van der Waals surface area contributed by atoms with Crippen LogP contribution in [0.4, 0.5) is 22.7 Å². The lowest BCUT2D eigenvalue weighted by molar-refractivity contribution is 0.483. The van der Waals surface area contributed by atoms with Crippen LogP contribution >= 0.6 is 0 Å². The Labute approximate surface area is 422 Å². The molecule has 1 aliphatic rings. The first-order valence-electron chi connectivity index (χ1n) is 25.4. The van der Waals surface area contributed by atoms with E-state index in [9.17, 15) is 0 Å². The number of hydrogen-bond donors (Lipinski definition) is 0. The second kappa shape index (κ2) is 17.3. The lowest BCUT2D eigenvalue weighted by Gasteiger charge is -2.30. The van der Waals surface area contributed by atoms with Gasteiger partial charge < -0.3 is 14.5 Å². The molecule has 0 N–H and O–H groups in total. The molecule has 0 saturated carbocycles. The Hall–Kier alpha value is -7.11. The number of rotatable bonds is 9. The molecule has 9 aromatic rings. The molecule has 0 amide bonds. The van der Waals surface area contributed by atoms with E-state index in [-0.39, 0.29) is 27.1 Å². The molecular formula is C66H70N4O. The van der Waals surface area contributed by atoms with Crippen LogP contribution in [0.15, 0.2) is 176 Å². The third kappa shape index (κ3) is 8.90. The zero-order valence-electron chi connectivity index (χ0n) is 44.1. The highest BCUT2D eigenvalue weighted by Crippen LogP contribution is 2.49. The van der Waals surface area contributed by atoms with Crippen molar-refractivity contribution in [2.75, 3.05) is 16.5 Å². The maximum Gasteiger partial charge on any atom is 0.137 e. The van der Waals surface area contributed by atoms with Gasteiger partial charge in [-0.3, -0.25) is 4.57 Å². The van der Waals surface area contributed by atoms with E-state index >= 15 is 0 Å². The van der Waals surface area contributed by atoms with Crippen molar-refractivity contribution in [1.29, 1.82) is 0 Å². The summed E-state index contributed by atoms with van der Waals surface area (Å²) in [7, 11) is 0. The van der Waals surface area contributed by atoms with Crippen molar-refractivity contribution in [2.24, 2.45) is 0 Å². The van der Waals surface area contributed by atoms with E-state index in [0.29, 0.717) is 6.67 Å². The first kappa shape index (κ1) is 47.6. The zero-order chi connectivity index (χ0) is 50.3. The molecule has 360 valence electrons. The first-order valence-corrected chi connectivity index (χ1v) is 25.4. The van der Waals surface area contributed by atoms with E-state index in [4.69, 9.17) is 9.72 Å². The molecule has 0 fully saturated rings. The van der Waals surface area contributed by atoms with Gasteiger partial charge in [-0.1, -0.05) is 181 Å². The Bertz CT molecular complexity index is 3400. The van der Waals surface area contributed by atoms with Crippen LogP contribution in [0.1, 0.15) is 129 Å². The minimum atomic E-state index is -0.229. The van der Waals surface area contributed by atoms with Crippen LogP contribution in [0.25, 0.3) is 27.6 Å². The zero-order valence-corrected chi connectivity index (χ0v) is 44.1. The predicted molar refractivity (Wildman–Crippen MR) is 300 cm³/mol. The van der Waals surface area contributed by atoms with Gasteiger partial charge in [-0.2, -0.15) is 0 Å². The largest absolute Gasteiger partial charge is 0.457 e. The molecule has 2 aromatic heterocycles. The summed E-state index contributed by atoms with van der Waals surface area (Å²) in [4.78, 5) is 10.0. The van der Waals surface area contributed by atoms with Crippen molar-refractivity contribution in [1.82, 2.24) is 9.55 Å². The van der Waals surface area contributed by atoms with Crippen LogP contribution in [0.2, 0.25) is 0 Å². The Balaban J connectivity index is 1.06. The molecule has 3 heterocycles. The molecule has 0 saturated heterocycles. The quantitative estimate of drug-likeness (QED) is 0.144. The molecule has 1 aliphatic heterocycles. The number of hydrogen-bond acceptors (Lipinski definition) is 4. The van der Waals surface area contributed by atoms with E-state index < -0.39 is 0 Å². The van der Waals surface area contributed by atoms with Gasteiger partial charge in [0.15, 0.2) is 0 Å². The van der Waals surface area contributed by atoms with Crippen LogP contribution < -0.4 is 14.5 Å². The number of anilines is 4. The van der Waals surface area contributed by atoms with Gasteiger partial charge in [-0.15, -0.1) is 0 Å². The Morgan fingerprint density at radius 2 is 0.915 bits per heavy atom. The molecule has 0 bridgehead atoms. The third-order valence-electron chi connectivity index (χ3n) is 15.2. The molecule has 10 rings (SSSR count). The normalized spacial score (nSPS) is 13.6. The van der Waals surface area contributed by atoms with Crippen molar-refractivity contribution < 1.29 is 4.74 Å². The van der Waals surface area contributed by atoms with Gasteiger partial charge in [-0.05, 0) is 122 Å². The summed E-state index contributed by atoms with van der Waals surface area (Å²) in [5.41, 5.74) is 15.3. The van der Waals surface area contributed by atoms with Crippen LogP contribution in [-0.2, 0) is 27.1 Å². The molecule has 0 unspecified atom stereocenters. The summed E-state index contributed by atoms with van der Waals surface area (Å²) in [6, 6.07) is 62.3. The SMILES string of the molecule is CC(C)(C)c1cc(N2CN(c3cccc(Oc4ccc5c6ccc(C(C)(C)C)cc6n(-c6cc(C(C)(C)c7ccccc7)ccn6)c5c4)c3)c3ccc(C(C)(C)c4ccccc4)cc32)cc(C(C)(C)C)c1. The van der Waals surface area contributed by atoms with Gasteiger partial charge in [0.2, 0.25) is 0 Å². The van der Waals surface area contributed by atoms with Gasteiger partial charge in [0.1, 0.15) is 24.0 Å². The number of ether oxygens (including phenoxy) is 1. The lowest BCUT2D eigenvalue weighted by Crippen LogP contribution is -2.25. The number of nitrogens with zero attached hydrogens (tertiary/aromatic N) is 4. The average Bonchev–Trinajstić information content (AvgIpc) is 3.89. The van der Waals surface area contributed by atoms with Crippen molar-refractivity contribution in [2.45, 2.75) is 117 Å². The summed E-state index contributed by atoms with van der Waals surface area (Å²) in [5.74, 6) is 2.42. The maximum atomic E-state index is 6.93. The van der Waals surface area contributed by atoms with Gasteiger partial charge in [0, 0.05) is 51.3 Å². The molecule has 5 nitrogen and oxygen atoms in total. The van der Waals surface area contributed by atoms with Crippen molar-refractivity contribution in [3.8, 4) is 17.3 Å². The highest BCUT2D eigenvalue weighted by Gasteiger charge is 2.34. The van der Waals surface area contributed by atoms with Crippen LogP contribution in [-0.4, -0.2) is 16.2 Å². The monoisotopic (exact) mass is 935 g/mol. The number of benzene rings is 7. The third-order valence-corrected chi connectivity index (χ3v) is 15.2. The smallest absolute Gasteiger partial charge is 0.137 e. The van der Waals surface area contributed by atoms with E-state index in [1.165, 1.54) is 61.4 Å². The molecule has 5 heteroatoms. The topological polar surface area (TPSA) is 33.5 Å². The number of pyridine rings is 1. The minimum Gasteiger partial charge on any atom is -0.457 e. The van der Waals surface area contributed by atoms with Crippen molar-refractivity contribution in [3.63, 3.8) is 0 Å². The minimum absolute atomic E-state index is 0.0202. The second-order valence-electron chi connectivity index (χ2n) is 24.0. The molecule has 0 aliphatic carbocycles. The molecule has 0 spiro atoms. The van der Waals surface area contributed by atoms with Gasteiger partial charge in [0.05, 0.1) is 22.4 Å². The Morgan fingerprint density at radius 1 is 0.380 bits per heavy atom. The van der Waals surface area contributed by atoms with E-state index in [1.54, 1.807) is 0 Å². The van der Waals surface area contributed by atoms with Gasteiger partial charge in [-0.25, -0.2) is 4.98 Å². The summed E-state index contributed by atoms with van der Waals surface area (Å²) in [6.07, 6.45) is 1.96. The predicted octanol–water partition coefficient (Wildman–Crippen LogP) is 17.8. The molecule has 0 atom stereocenters. The summed E-state index contributed by atoms with van der Waals surface area (Å²) in [6.45, 7) is 30.6. The molecule has 71 heavy (non-hydrogen) atoms.